The lowest BCUT2D eigenvalue weighted by Gasteiger charge is -2.19. The monoisotopic (exact) mass is 253 g/mol. The molecule has 1 amide bonds. The summed E-state index contributed by atoms with van der Waals surface area (Å²) in [7, 11) is 1.86. The van der Waals surface area contributed by atoms with Gasteiger partial charge in [0.2, 0.25) is 5.91 Å². The van der Waals surface area contributed by atoms with Crippen LogP contribution in [-0.4, -0.2) is 47.4 Å². The molecule has 0 aliphatic carbocycles. The molecular formula is C12H16ClN3O. The molecule has 0 bridgehead atoms. The zero-order valence-electron chi connectivity index (χ0n) is 9.90. The van der Waals surface area contributed by atoms with Gasteiger partial charge in [-0.1, -0.05) is 11.6 Å². The molecule has 0 radical (unpaired) electrons. The molecule has 1 saturated heterocycles. The van der Waals surface area contributed by atoms with Crippen molar-refractivity contribution in [2.24, 2.45) is 0 Å². The average molecular weight is 254 g/mol. The Morgan fingerprint density at radius 3 is 3.06 bits per heavy atom. The number of rotatable bonds is 2. The largest absolute Gasteiger partial charge is 0.345 e. The van der Waals surface area contributed by atoms with Crippen LogP contribution in [0.3, 0.4) is 0 Å². The number of hydrogen-bond acceptors (Lipinski definition) is 3. The Hall–Kier alpha value is -1.13. The summed E-state index contributed by atoms with van der Waals surface area (Å²) in [6, 6.07) is 3.78. The minimum atomic E-state index is 0.183. The Bertz CT molecular complexity index is 410. The minimum Gasteiger partial charge on any atom is -0.345 e. The predicted octanol–water partition coefficient (Wildman–Crippen LogP) is 1.40. The van der Waals surface area contributed by atoms with Crippen molar-refractivity contribution in [1.29, 1.82) is 0 Å². The lowest BCUT2D eigenvalue weighted by atomic mass is 10.2. The summed E-state index contributed by atoms with van der Waals surface area (Å²) >= 11 is 5.84. The smallest absolute Gasteiger partial charge is 0.236 e. The molecule has 0 unspecified atom stereocenters. The summed E-state index contributed by atoms with van der Waals surface area (Å²) in [4.78, 5) is 19.6. The van der Waals surface area contributed by atoms with Crippen molar-refractivity contribution in [3.8, 4) is 0 Å². The van der Waals surface area contributed by atoms with Gasteiger partial charge in [0.05, 0.1) is 6.54 Å². The van der Waals surface area contributed by atoms with Crippen LogP contribution in [0, 0.1) is 0 Å². The fraction of sp³-hybridized carbons (Fsp3) is 0.500. The van der Waals surface area contributed by atoms with E-state index in [4.69, 9.17) is 11.6 Å². The first-order valence-electron chi connectivity index (χ1n) is 5.72. The highest BCUT2D eigenvalue weighted by molar-refractivity contribution is 6.29. The van der Waals surface area contributed by atoms with E-state index in [1.165, 1.54) is 0 Å². The Morgan fingerprint density at radius 1 is 1.47 bits per heavy atom. The number of pyridine rings is 1. The molecule has 1 fully saturated rings. The number of likely N-dealkylation sites (N-methyl/N-ethyl adjacent to an activating group) is 1. The third kappa shape index (κ3) is 3.41. The van der Waals surface area contributed by atoms with Crippen LogP contribution in [0.1, 0.15) is 12.0 Å². The molecule has 0 N–H and O–H groups in total. The van der Waals surface area contributed by atoms with Crippen LogP contribution in [-0.2, 0) is 11.3 Å². The van der Waals surface area contributed by atoms with Gasteiger partial charge in [-0.25, -0.2) is 4.98 Å². The van der Waals surface area contributed by atoms with Gasteiger partial charge in [0.25, 0.3) is 0 Å². The lowest BCUT2D eigenvalue weighted by Crippen LogP contribution is -2.34. The zero-order valence-corrected chi connectivity index (χ0v) is 10.7. The molecule has 2 rings (SSSR count). The van der Waals surface area contributed by atoms with E-state index in [9.17, 15) is 4.79 Å². The highest BCUT2D eigenvalue weighted by Crippen LogP contribution is 2.11. The van der Waals surface area contributed by atoms with Crippen molar-refractivity contribution < 1.29 is 4.79 Å². The van der Waals surface area contributed by atoms with E-state index in [0.29, 0.717) is 11.7 Å². The van der Waals surface area contributed by atoms with E-state index in [-0.39, 0.29) is 5.91 Å². The quantitative estimate of drug-likeness (QED) is 0.748. The summed E-state index contributed by atoms with van der Waals surface area (Å²) in [5.41, 5.74) is 1.10. The highest BCUT2D eigenvalue weighted by Gasteiger charge is 2.18. The van der Waals surface area contributed by atoms with Gasteiger partial charge in [0.15, 0.2) is 0 Å². The maximum Gasteiger partial charge on any atom is 0.236 e. The topological polar surface area (TPSA) is 36.4 Å². The van der Waals surface area contributed by atoms with Gasteiger partial charge >= 0.3 is 0 Å². The number of nitrogens with zero attached hydrogens (tertiary/aromatic N) is 3. The van der Waals surface area contributed by atoms with Crippen molar-refractivity contribution >= 4 is 17.5 Å². The van der Waals surface area contributed by atoms with Crippen LogP contribution in [0.4, 0.5) is 0 Å². The lowest BCUT2D eigenvalue weighted by molar-refractivity contribution is -0.129. The van der Waals surface area contributed by atoms with E-state index >= 15 is 0 Å². The van der Waals surface area contributed by atoms with Gasteiger partial charge in [0.1, 0.15) is 5.15 Å². The van der Waals surface area contributed by atoms with Gasteiger partial charge in [-0.2, -0.15) is 0 Å². The van der Waals surface area contributed by atoms with Gasteiger partial charge in [-0.15, -0.1) is 0 Å². The van der Waals surface area contributed by atoms with Crippen LogP contribution in [0.5, 0.6) is 0 Å². The molecule has 2 heterocycles. The van der Waals surface area contributed by atoms with Crippen LogP contribution in [0.15, 0.2) is 18.3 Å². The number of hydrogen-bond donors (Lipinski definition) is 0. The molecule has 5 heteroatoms. The standard InChI is InChI=1S/C12H16ClN3O/c1-15-5-2-6-16(9-12(15)17)8-10-3-4-14-11(13)7-10/h3-4,7H,2,5-6,8-9H2,1H3. The summed E-state index contributed by atoms with van der Waals surface area (Å²) in [5, 5.41) is 0.501. The maximum absolute atomic E-state index is 11.7. The first kappa shape index (κ1) is 12.3. The van der Waals surface area contributed by atoms with Crippen molar-refractivity contribution in [3.63, 3.8) is 0 Å². The van der Waals surface area contributed by atoms with E-state index in [2.05, 4.69) is 9.88 Å². The van der Waals surface area contributed by atoms with Gasteiger partial charge in [-0.3, -0.25) is 9.69 Å². The molecule has 4 nitrogen and oxygen atoms in total. The number of carbonyl (C=O) groups is 1. The second kappa shape index (κ2) is 5.47. The zero-order chi connectivity index (χ0) is 12.3. The minimum absolute atomic E-state index is 0.183. The van der Waals surface area contributed by atoms with Crippen LogP contribution in [0.2, 0.25) is 5.15 Å². The molecule has 92 valence electrons. The predicted molar refractivity (Wildman–Crippen MR) is 66.8 cm³/mol. The van der Waals surface area contributed by atoms with Crippen LogP contribution < -0.4 is 0 Å². The first-order valence-corrected chi connectivity index (χ1v) is 6.10. The molecule has 1 aromatic rings. The number of halogens is 1. The molecule has 1 aliphatic heterocycles. The molecule has 17 heavy (non-hydrogen) atoms. The van der Waals surface area contributed by atoms with Crippen molar-refractivity contribution in [2.75, 3.05) is 26.7 Å². The molecule has 0 spiro atoms. The SMILES string of the molecule is CN1CCCN(Cc2ccnc(Cl)c2)CC1=O. The van der Waals surface area contributed by atoms with Gasteiger partial charge in [-0.05, 0) is 24.1 Å². The fourth-order valence-corrected chi connectivity index (χ4v) is 2.18. The van der Waals surface area contributed by atoms with E-state index in [1.54, 1.807) is 11.1 Å². The summed E-state index contributed by atoms with van der Waals surface area (Å²) in [5.74, 6) is 0.183. The maximum atomic E-state index is 11.7. The normalized spacial score (nSPS) is 18.2. The average Bonchev–Trinajstić information content (AvgIpc) is 2.42. The fourth-order valence-electron chi connectivity index (χ4n) is 1.98. The Kier molecular flexibility index (Phi) is 3.97. The van der Waals surface area contributed by atoms with E-state index in [0.717, 1.165) is 31.6 Å². The third-order valence-electron chi connectivity index (χ3n) is 2.95. The van der Waals surface area contributed by atoms with E-state index in [1.807, 2.05) is 19.2 Å². The number of amides is 1. The molecular weight excluding hydrogens is 238 g/mol. The molecule has 0 saturated carbocycles. The third-order valence-corrected chi connectivity index (χ3v) is 3.16. The summed E-state index contributed by atoms with van der Waals surface area (Å²) in [6.07, 6.45) is 2.71. The van der Waals surface area contributed by atoms with Crippen molar-refractivity contribution in [3.05, 3.63) is 29.0 Å². The Balaban J connectivity index is 2.01. The molecule has 1 aliphatic rings. The molecule has 0 atom stereocenters. The van der Waals surface area contributed by atoms with Gasteiger partial charge in [0, 0.05) is 32.9 Å². The van der Waals surface area contributed by atoms with Gasteiger partial charge < -0.3 is 4.90 Å². The van der Waals surface area contributed by atoms with Crippen LogP contribution in [0.25, 0.3) is 0 Å². The van der Waals surface area contributed by atoms with Crippen molar-refractivity contribution in [2.45, 2.75) is 13.0 Å². The second-order valence-corrected chi connectivity index (χ2v) is 4.75. The number of aromatic nitrogens is 1. The molecule has 1 aromatic heterocycles. The Morgan fingerprint density at radius 2 is 2.29 bits per heavy atom. The van der Waals surface area contributed by atoms with Crippen molar-refractivity contribution in [1.82, 2.24) is 14.8 Å². The summed E-state index contributed by atoms with van der Waals surface area (Å²) < 4.78 is 0. The van der Waals surface area contributed by atoms with E-state index < -0.39 is 0 Å². The highest BCUT2D eigenvalue weighted by atomic mass is 35.5. The first-order chi connectivity index (χ1) is 8.15. The van der Waals surface area contributed by atoms with Crippen LogP contribution >= 0.6 is 11.6 Å². The number of carbonyl (C=O) groups excluding carboxylic acids is 1. The second-order valence-electron chi connectivity index (χ2n) is 4.37. The summed E-state index contributed by atoms with van der Waals surface area (Å²) in [6.45, 7) is 3.01. The Labute approximate surface area is 106 Å². The molecule has 0 aromatic carbocycles.